The molecule has 11 heteroatoms. The summed E-state index contributed by atoms with van der Waals surface area (Å²) in [5.74, 6) is 0. The van der Waals surface area contributed by atoms with Crippen LogP contribution in [0.15, 0.2) is 48.3 Å². The molecule has 9 heterocycles. The minimum Gasteiger partial charge on any atom is -0.663 e. The molecule has 0 saturated carbocycles. The largest absolute Gasteiger partial charge is 2.00 e. The van der Waals surface area contributed by atoms with Gasteiger partial charge in [-0.2, -0.15) is 45.6 Å². The van der Waals surface area contributed by atoms with Crippen LogP contribution in [-0.2, 0) is 57.1 Å². The fourth-order valence-electron chi connectivity index (χ4n) is 9.13. The Hall–Kier alpha value is -1.35. The predicted molar refractivity (Wildman–Crippen MR) is 245 cm³/mol. The van der Waals surface area contributed by atoms with Crippen molar-refractivity contribution in [3.8, 4) is 0 Å². The second kappa shape index (κ2) is 28.7. The van der Waals surface area contributed by atoms with Crippen LogP contribution in [0.3, 0.4) is 0 Å². The molecule has 0 spiro atoms. The van der Waals surface area contributed by atoms with Crippen molar-refractivity contribution < 1.29 is 84.1 Å². The van der Waals surface area contributed by atoms with Gasteiger partial charge in [0.05, 0.1) is 11.0 Å². The molecule has 5 aliphatic rings. The van der Waals surface area contributed by atoms with Gasteiger partial charge in [0.15, 0.2) is 0 Å². The van der Waals surface area contributed by atoms with Gasteiger partial charge in [-0.05, 0) is 124 Å². The number of nitrogens with zero attached hydrogens (tertiary/aromatic N) is 4. The van der Waals surface area contributed by atoms with Crippen LogP contribution >= 0.6 is 0 Å². The summed E-state index contributed by atoms with van der Waals surface area (Å²) in [5, 5.41) is 0. The van der Waals surface area contributed by atoms with Crippen molar-refractivity contribution in [2.75, 3.05) is 52.9 Å². The fraction of sp³-hybridized carbons (Fsp3) is 0.692. The number of rotatable bonds is 8. The van der Waals surface area contributed by atoms with E-state index in [1.165, 1.54) is 51.4 Å². The number of fused-ring (bicyclic) bond motifs is 8. The zero-order valence-electron chi connectivity index (χ0n) is 48.7. The third kappa shape index (κ3) is 13.0. The summed E-state index contributed by atoms with van der Waals surface area (Å²) in [4.78, 5) is 20.5. The first kappa shape index (κ1) is 45.4. The topological polar surface area (TPSA) is 93.3 Å². The van der Waals surface area contributed by atoms with Crippen LogP contribution in [0.2, 0.25) is 0 Å². The molecule has 0 aliphatic carbocycles. The van der Waals surface area contributed by atoms with E-state index in [0.29, 0.717) is 96.9 Å². The Morgan fingerprint density at radius 2 is 0.460 bits per heavy atom. The number of hydrogen-bond acceptors (Lipinski definition) is 4. The molecule has 8 nitrogen and oxygen atoms in total. The van der Waals surface area contributed by atoms with Crippen LogP contribution in [0.1, 0.15) is 215 Å². The third-order valence-corrected chi connectivity index (χ3v) is 13.9. The van der Waals surface area contributed by atoms with Crippen LogP contribution in [0.4, 0.5) is 0 Å². The van der Waals surface area contributed by atoms with Crippen LogP contribution in [0.5, 0.6) is 0 Å². The Bertz CT molecular complexity index is 1760. The summed E-state index contributed by atoms with van der Waals surface area (Å²) in [5.41, 5.74) is -1.63. The fourth-order valence-corrected chi connectivity index (χ4v) is 9.13. The van der Waals surface area contributed by atoms with E-state index < -0.39 is 21.7 Å². The monoisotopic (exact) mass is 905 g/mol. The maximum atomic E-state index is 9.30. The maximum absolute atomic E-state index is 9.30. The van der Waals surface area contributed by atoms with Crippen molar-refractivity contribution in [2.45, 2.75) is 180 Å². The zero-order chi connectivity index (χ0) is 49.9. The van der Waals surface area contributed by atoms with E-state index in [-0.39, 0.29) is 103 Å². The maximum Gasteiger partial charge on any atom is 2.00 e. The standard InChI is InChI=1S/C36H48N4.4C4H8O.2Li.Ni/c1-9-33(10-2)25-17-19-27(37-25)34(11-3,12-4)29-21-23-31(39-29)36(15-7,16-8)32-24-22-30(40-32)35(13-5,14-6)28-20-18-26(33)38-28;4*1-2-4-5-3-1;;;/h17-24H,9-16H2,1-8H3;4*1-4H2;;;/q-4;;;;;2*+1;+2/i17D,18D,19D,20D,21D,22D,23D,24D;;;;;;;. The van der Waals surface area contributed by atoms with Gasteiger partial charge in [0.25, 0.3) is 0 Å². The molecular weight excluding hydrogens is 817 g/mol. The molecule has 0 atom stereocenters. The number of aromatic nitrogens is 4. The quantitative estimate of drug-likeness (QED) is 0.216. The molecule has 0 amide bonds. The van der Waals surface area contributed by atoms with Gasteiger partial charge in [0, 0.05) is 52.9 Å². The predicted octanol–water partition coefficient (Wildman–Crippen LogP) is 5.45. The molecule has 0 N–H and O–H groups in total. The van der Waals surface area contributed by atoms with E-state index in [4.69, 9.17) is 38.9 Å². The van der Waals surface area contributed by atoms with Crippen molar-refractivity contribution >= 4 is 0 Å². The summed E-state index contributed by atoms with van der Waals surface area (Å²) < 4.78 is 94.2. The van der Waals surface area contributed by atoms with E-state index >= 15 is 0 Å². The first-order valence-corrected chi connectivity index (χ1v) is 23.6. The third-order valence-electron chi connectivity index (χ3n) is 13.9. The summed E-state index contributed by atoms with van der Waals surface area (Å²) in [7, 11) is 0. The zero-order valence-corrected chi connectivity index (χ0v) is 41.7. The summed E-state index contributed by atoms with van der Waals surface area (Å²) >= 11 is 0. The summed E-state index contributed by atoms with van der Waals surface area (Å²) in [6, 6.07) is -0.503. The average Bonchev–Trinajstić information content (AvgIpc) is 4.21. The van der Waals surface area contributed by atoms with Gasteiger partial charge in [-0.3, -0.25) is 0 Å². The van der Waals surface area contributed by atoms with E-state index in [9.17, 15) is 11.0 Å². The van der Waals surface area contributed by atoms with Crippen molar-refractivity contribution in [3.05, 3.63) is 93.9 Å². The average molecular weight is 906 g/mol. The summed E-state index contributed by atoms with van der Waals surface area (Å²) in [6.07, 6.45) is 13.5. The molecule has 5 aliphatic heterocycles. The Morgan fingerprint density at radius 1 is 0.333 bits per heavy atom. The molecule has 0 unspecified atom stereocenters. The van der Waals surface area contributed by atoms with E-state index in [0.717, 1.165) is 52.9 Å². The molecule has 0 radical (unpaired) electrons. The van der Waals surface area contributed by atoms with Gasteiger partial charge in [-0.25, -0.2) is 0 Å². The van der Waals surface area contributed by atoms with Gasteiger partial charge in [0.1, 0.15) is 0 Å². The van der Waals surface area contributed by atoms with E-state index in [2.05, 4.69) is 0 Å². The Balaban J connectivity index is 0.000000615. The van der Waals surface area contributed by atoms with Gasteiger partial charge in [-0.1, -0.05) is 104 Å². The molecule has 63 heavy (non-hydrogen) atoms. The van der Waals surface area contributed by atoms with Crippen LogP contribution in [0.25, 0.3) is 0 Å². The van der Waals surface area contributed by atoms with Gasteiger partial charge in [-0.15, -0.1) is 0 Å². The first-order chi connectivity index (χ1) is 32.7. The number of ether oxygens (including phenoxy) is 4. The first-order valence-electron chi connectivity index (χ1n) is 27.6. The Morgan fingerprint density at radius 3 is 0.540 bits per heavy atom. The Kier molecular flexibility index (Phi) is 20.7. The second-order valence-electron chi connectivity index (χ2n) is 16.7. The molecule has 9 rings (SSSR count). The number of hydrogen-bond donors (Lipinski definition) is 0. The minimum absolute atomic E-state index is 0. The SMILES string of the molecule is C1CCOC1.C1CCOC1.C1CCOC1.C1CCOC1.[2H]c1c2[n-]c(c1[2H])C(CC)(CC)c1[n-]c(c([2H])c1[2H])C(CC)(CC)c1[n-]c(c([2H])c1[2H])C(CC)(CC)c1[n-]c(c([2H])c1[2H])C2(CC)CC.[Li+].[Li+].[Ni+2]. The van der Waals surface area contributed by atoms with Crippen LogP contribution < -0.4 is 57.7 Å². The van der Waals surface area contributed by atoms with E-state index in [1.54, 1.807) is 0 Å². The molecule has 8 bridgehead atoms. The van der Waals surface area contributed by atoms with E-state index in [1.807, 2.05) is 55.4 Å². The molecule has 344 valence electrons. The Labute approximate surface area is 428 Å². The van der Waals surface area contributed by atoms with Crippen LogP contribution in [-0.4, -0.2) is 52.9 Å². The molecule has 4 aromatic rings. The normalized spacial score (nSPS) is 21.2. The molecule has 4 fully saturated rings. The van der Waals surface area contributed by atoms with Gasteiger partial charge < -0.3 is 38.9 Å². The second-order valence-corrected chi connectivity index (χ2v) is 16.7. The van der Waals surface area contributed by atoms with Crippen molar-refractivity contribution in [1.82, 2.24) is 19.9 Å². The molecular formula is C52H80Li2N4NiO4. The smallest absolute Gasteiger partial charge is 0.663 e. The molecule has 4 aromatic heterocycles. The van der Waals surface area contributed by atoms with Crippen molar-refractivity contribution in [1.29, 1.82) is 0 Å². The van der Waals surface area contributed by atoms with Crippen molar-refractivity contribution in [3.63, 3.8) is 0 Å². The molecule has 4 saturated heterocycles. The van der Waals surface area contributed by atoms with Gasteiger partial charge >= 0.3 is 54.2 Å². The molecule has 0 aromatic carbocycles. The van der Waals surface area contributed by atoms with Crippen LogP contribution in [0, 0.1) is 0 Å². The van der Waals surface area contributed by atoms with Crippen molar-refractivity contribution in [2.24, 2.45) is 0 Å². The summed E-state index contributed by atoms with van der Waals surface area (Å²) in [6.45, 7) is 23.6. The minimum atomic E-state index is -1.06. The van der Waals surface area contributed by atoms with Gasteiger partial charge in [0.2, 0.25) is 0 Å².